The molecule has 0 unspecified atom stereocenters. The molecule has 1 N–H and O–H groups in total. The van der Waals surface area contributed by atoms with E-state index < -0.39 is 0 Å². The van der Waals surface area contributed by atoms with E-state index in [0.717, 1.165) is 0 Å². The van der Waals surface area contributed by atoms with E-state index >= 15 is 0 Å². The first-order chi connectivity index (χ1) is 10.5. The predicted molar refractivity (Wildman–Crippen MR) is 83.5 cm³/mol. The van der Waals surface area contributed by atoms with Crippen LogP contribution in [0.2, 0.25) is 0 Å². The van der Waals surface area contributed by atoms with Gasteiger partial charge in [0.1, 0.15) is 17.3 Å². The molecule has 116 valence electrons. The largest absolute Gasteiger partial charge is 0.497 e. The zero-order valence-corrected chi connectivity index (χ0v) is 12.8. The summed E-state index contributed by atoms with van der Waals surface area (Å²) in [7, 11) is 3.11. The second-order valence-corrected chi connectivity index (χ2v) is 4.81. The van der Waals surface area contributed by atoms with Gasteiger partial charge in [-0.1, -0.05) is 12.1 Å². The van der Waals surface area contributed by atoms with Gasteiger partial charge in [0.2, 0.25) is 0 Å². The molecule has 0 bridgehead atoms. The highest BCUT2D eigenvalue weighted by Crippen LogP contribution is 2.28. The van der Waals surface area contributed by atoms with Gasteiger partial charge in [-0.3, -0.25) is 4.79 Å². The number of carbonyl (C=O) groups excluding carboxylic acids is 1. The number of ether oxygens (including phenoxy) is 2. The van der Waals surface area contributed by atoms with Crippen molar-refractivity contribution in [2.75, 3.05) is 26.1 Å². The van der Waals surface area contributed by atoms with Crippen molar-refractivity contribution in [3.8, 4) is 11.5 Å². The summed E-state index contributed by atoms with van der Waals surface area (Å²) < 4.78 is 23.9. The summed E-state index contributed by atoms with van der Waals surface area (Å²) in [5.41, 5.74) is 1.49. The monoisotopic (exact) mass is 303 g/mol. The van der Waals surface area contributed by atoms with Gasteiger partial charge < -0.3 is 14.8 Å². The standard InChI is InChI=1S/C17H18FNO3/c1-11-4-5-12(8-14(11)18)16(20)10-19-15-9-13(21-2)6-7-17(15)22-3/h4-9,19H,10H2,1-3H3. The van der Waals surface area contributed by atoms with Crippen molar-refractivity contribution in [1.82, 2.24) is 0 Å². The van der Waals surface area contributed by atoms with Gasteiger partial charge in [0.05, 0.1) is 26.5 Å². The van der Waals surface area contributed by atoms with Gasteiger partial charge in [-0.25, -0.2) is 4.39 Å². The highest BCUT2D eigenvalue weighted by atomic mass is 19.1. The number of anilines is 1. The molecule has 5 heteroatoms. The van der Waals surface area contributed by atoms with Crippen LogP contribution in [0.15, 0.2) is 36.4 Å². The SMILES string of the molecule is COc1ccc(OC)c(NCC(=O)c2ccc(C)c(F)c2)c1. The number of methoxy groups -OCH3 is 2. The van der Waals surface area contributed by atoms with Crippen LogP contribution in [0.25, 0.3) is 0 Å². The van der Waals surface area contributed by atoms with Crippen LogP contribution in [-0.2, 0) is 0 Å². The molecule has 2 aromatic rings. The quantitative estimate of drug-likeness (QED) is 0.830. The van der Waals surface area contributed by atoms with Crippen molar-refractivity contribution in [2.45, 2.75) is 6.92 Å². The van der Waals surface area contributed by atoms with E-state index in [9.17, 15) is 9.18 Å². The Morgan fingerprint density at radius 1 is 1.14 bits per heavy atom. The van der Waals surface area contributed by atoms with Gasteiger partial charge in [-0.2, -0.15) is 0 Å². The third kappa shape index (κ3) is 3.55. The van der Waals surface area contributed by atoms with Crippen molar-refractivity contribution in [3.63, 3.8) is 0 Å². The fourth-order valence-electron chi connectivity index (χ4n) is 2.00. The molecule has 0 radical (unpaired) electrons. The Balaban J connectivity index is 2.11. The molecular formula is C17H18FNO3. The fourth-order valence-corrected chi connectivity index (χ4v) is 2.00. The lowest BCUT2D eigenvalue weighted by Crippen LogP contribution is -2.15. The molecule has 0 spiro atoms. The van der Waals surface area contributed by atoms with Gasteiger partial charge in [-0.05, 0) is 30.7 Å². The number of nitrogens with one attached hydrogen (secondary N) is 1. The van der Waals surface area contributed by atoms with Gasteiger partial charge in [0, 0.05) is 11.6 Å². The van der Waals surface area contributed by atoms with Crippen LogP contribution < -0.4 is 14.8 Å². The molecule has 0 saturated heterocycles. The molecule has 22 heavy (non-hydrogen) atoms. The molecular weight excluding hydrogens is 285 g/mol. The van der Waals surface area contributed by atoms with Crippen molar-refractivity contribution in [2.24, 2.45) is 0 Å². The maximum Gasteiger partial charge on any atom is 0.181 e. The van der Waals surface area contributed by atoms with Crippen molar-refractivity contribution in [3.05, 3.63) is 53.3 Å². The van der Waals surface area contributed by atoms with Crippen LogP contribution >= 0.6 is 0 Å². The maximum absolute atomic E-state index is 13.5. The number of benzene rings is 2. The number of rotatable bonds is 6. The second kappa shape index (κ2) is 6.93. The Morgan fingerprint density at radius 3 is 2.55 bits per heavy atom. The van der Waals surface area contributed by atoms with E-state index in [1.54, 1.807) is 51.5 Å². The average Bonchev–Trinajstić information content (AvgIpc) is 2.54. The van der Waals surface area contributed by atoms with E-state index in [-0.39, 0.29) is 18.1 Å². The zero-order chi connectivity index (χ0) is 16.1. The summed E-state index contributed by atoms with van der Waals surface area (Å²) >= 11 is 0. The fraction of sp³-hybridized carbons (Fsp3) is 0.235. The lowest BCUT2D eigenvalue weighted by molar-refractivity contribution is 0.101. The number of halogens is 1. The van der Waals surface area contributed by atoms with Crippen molar-refractivity contribution < 1.29 is 18.7 Å². The first-order valence-corrected chi connectivity index (χ1v) is 6.80. The molecule has 2 aromatic carbocycles. The third-order valence-corrected chi connectivity index (χ3v) is 3.34. The minimum Gasteiger partial charge on any atom is -0.497 e. The topological polar surface area (TPSA) is 47.6 Å². The first-order valence-electron chi connectivity index (χ1n) is 6.80. The average molecular weight is 303 g/mol. The molecule has 0 fully saturated rings. The van der Waals surface area contributed by atoms with Gasteiger partial charge in [0.25, 0.3) is 0 Å². The summed E-state index contributed by atoms with van der Waals surface area (Å²) in [4.78, 5) is 12.1. The first kappa shape index (κ1) is 15.8. The molecule has 0 saturated carbocycles. The molecule has 0 amide bonds. The van der Waals surface area contributed by atoms with Gasteiger partial charge in [0.15, 0.2) is 5.78 Å². The number of hydrogen-bond acceptors (Lipinski definition) is 4. The molecule has 0 aliphatic heterocycles. The van der Waals surface area contributed by atoms with Crippen LogP contribution in [0.5, 0.6) is 11.5 Å². The highest BCUT2D eigenvalue weighted by Gasteiger charge is 2.10. The predicted octanol–water partition coefficient (Wildman–Crippen LogP) is 3.45. The zero-order valence-electron chi connectivity index (χ0n) is 12.8. The summed E-state index contributed by atoms with van der Waals surface area (Å²) in [6.45, 7) is 1.69. The summed E-state index contributed by atoms with van der Waals surface area (Å²) in [6.07, 6.45) is 0. The van der Waals surface area contributed by atoms with E-state index in [2.05, 4.69) is 5.32 Å². The molecule has 0 aliphatic rings. The minimum atomic E-state index is -0.384. The lowest BCUT2D eigenvalue weighted by Gasteiger charge is -2.12. The Morgan fingerprint density at radius 2 is 1.91 bits per heavy atom. The van der Waals surface area contributed by atoms with Crippen LogP contribution in [0, 0.1) is 12.7 Å². The molecule has 0 aromatic heterocycles. The molecule has 0 aliphatic carbocycles. The summed E-state index contributed by atoms with van der Waals surface area (Å²) in [5, 5.41) is 2.99. The van der Waals surface area contributed by atoms with Gasteiger partial charge >= 0.3 is 0 Å². The van der Waals surface area contributed by atoms with Crippen molar-refractivity contribution >= 4 is 11.5 Å². The third-order valence-electron chi connectivity index (χ3n) is 3.34. The molecule has 0 atom stereocenters. The number of carbonyl (C=O) groups is 1. The van der Waals surface area contributed by atoms with Crippen molar-refractivity contribution in [1.29, 1.82) is 0 Å². The van der Waals surface area contributed by atoms with E-state index in [1.165, 1.54) is 6.07 Å². The highest BCUT2D eigenvalue weighted by molar-refractivity contribution is 5.99. The Bertz CT molecular complexity index is 686. The number of ketones is 1. The number of Topliss-reactive ketones (excluding diaryl/α,β-unsaturated/α-hetero) is 1. The summed E-state index contributed by atoms with van der Waals surface area (Å²) in [5.74, 6) is 0.661. The Kier molecular flexibility index (Phi) is 4.99. The molecule has 2 rings (SSSR count). The van der Waals surface area contributed by atoms with Crippen LogP contribution in [-0.4, -0.2) is 26.5 Å². The Hall–Kier alpha value is -2.56. The second-order valence-electron chi connectivity index (χ2n) is 4.81. The normalized spacial score (nSPS) is 10.2. The molecule has 0 heterocycles. The van der Waals surface area contributed by atoms with Crippen LogP contribution in [0.1, 0.15) is 15.9 Å². The minimum absolute atomic E-state index is 0.0338. The smallest absolute Gasteiger partial charge is 0.181 e. The Labute approximate surface area is 128 Å². The number of aryl methyl sites for hydroxylation is 1. The van der Waals surface area contributed by atoms with Crippen LogP contribution in [0.4, 0.5) is 10.1 Å². The van der Waals surface area contributed by atoms with E-state index in [0.29, 0.717) is 28.3 Å². The van der Waals surface area contributed by atoms with E-state index in [1.807, 2.05) is 0 Å². The molecule has 4 nitrogen and oxygen atoms in total. The van der Waals surface area contributed by atoms with E-state index in [4.69, 9.17) is 9.47 Å². The summed E-state index contributed by atoms with van der Waals surface area (Å²) in [6, 6.07) is 9.71. The van der Waals surface area contributed by atoms with Crippen LogP contribution in [0.3, 0.4) is 0 Å². The van der Waals surface area contributed by atoms with Gasteiger partial charge in [-0.15, -0.1) is 0 Å². The maximum atomic E-state index is 13.5. The lowest BCUT2D eigenvalue weighted by atomic mass is 10.1. The number of hydrogen-bond donors (Lipinski definition) is 1.